The molecule has 0 aliphatic heterocycles. The standard InChI is InChI=1S/C26H23NO3/c1-30-26(29)23(17-9-12-18-10-3-2-4-11-18)27-25(28)24-21-15-7-5-13-19(21)20-14-6-8-16-22(20)24/h2-16,23-24H,17H2,1H3,(H,27,28)/b12-9+/t23-/m1/s1. The molecule has 4 rings (SSSR count). The van der Waals surface area contributed by atoms with Crippen LogP contribution in [0.1, 0.15) is 29.0 Å². The minimum Gasteiger partial charge on any atom is -0.467 e. The molecule has 0 fully saturated rings. The molecule has 30 heavy (non-hydrogen) atoms. The van der Waals surface area contributed by atoms with Crippen LogP contribution in [0.25, 0.3) is 17.2 Å². The van der Waals surface area contributed by atoms with Crippen molar-refractivity contribution in [2.24, 2.45) is 0 Å². The van der Waals surface area contributed by atoms with Crippen LogP contribution in [0.2, 0.25) is 0 Å². The molecule has 0 spiro atoms. The highest BCUT2D eigenvalue weighted by Crippen LogP contribution is 2.44. The van der Waals surface area contributed by atoms with E-state index in [0.29, 0.717) is 6.42 Å². The molecule has 0 radical (unpaired) electrons. The van der Waals surface area contributed by atoms with E-state index in [1.54, 1.807) is 0 Å². The second-order valence-electron chi connectivity index (χ2n) is 7.24. The second-order valence-corrected chi connectivity index (χ2v) is 7.24. The Labute approximate surface area is 176 Å². The van der Waals surface area contributed by atoms with Crippen LogP contribution in [0.4, 0.5) is 0 Å². The lowest BCUT2D eigenvalue weighted by Crippen LogP contribution is -2.43. The molecule has 150 valence electrons. The molecule has 0 saturated heterocycles. The van der Waals surface area contributed by atoms with Crippen molar-refractivity contribution < 1.29 is 14.3 Å². The zero-order valence-corrected chi connectivity index (χ0v) is 16.7. The third-order valence-electron chi connectivity index (χ3n) is 5.38. The molecule has 1 atom stereocenters. The molecule has 1 aliphatic carbocycles. The number of carbonyl (C=O) groups excluding carboxylic acids is 2. The largest absolute Gasteiger partial charge is 0.467 e. The first-order valence-corrected chi connectivity index (χ1v) is 9.97. The average molecular weight is 397 g/mol. The van der Waals surface area contributed by atoms with Crippen LogP contribution < -0.4 is 5.32 Å². The number of ether oxygens (including phenoxy) is 1. The molecule has 3 aromatic rings. The van der Waals surface area contributed by atoms with Crippen LogP contribution in [0, 0.1) is 0 Å². The molecule has 0 unspecified atom stereocenters. The Balaban J connectivity index is 1.56. The number of rotatable bonds is 6. The Morgan fingerprint density at radius 2 is 1.47 bits per heavy atom. The van der Waals surface area contributed by atoms with Crippen molar-refractivity contribution in [3.05, 3.63) is 102 Å². The first-order chi connectivity index (χ1) is 14.7. The number of amides is 1. The fourth-order valence-corrected chi connectivity index (χ4v) is 3.95. The Hall–Kier alpha value is -3.66. The zero-order chi connectivity index (χ0) is 20.9. The van der Waals surface area contributed by atoms with E-state index in [0.717, 1.165) is 27.8 Å². The highest BCUT2D eigenvalue weighted by Gasteiger charge is 2.35. The maximum Gasteiger partial charge on any atom is 0.328 e. The monoisotopic (exact) mass is 397 g/mol. The lowest BCUT2D eigenvalue weighted by molar-refractivity contribution is -0.145. The summed E-state index contributed by atoms with van der Waals surface area (Å²) in [5.41, 5.74) is 5.07. The number of benzene rings is 3. The highest BCUT2D eigenvalue weighted by molar-refractivity contribution is 5.97. The topological polar surface area (TPSA) is 55.4 Å². The summed E-state index contributed by atoms with van der Waals surface area (Å²) in [6.45, 7) is 0. The van der Waals surface area contributed by atoms with Crippen LogP contribution in [0.3, 0.4) is 0 Å². The molecule has 1 aliphatic rings. The summed E-state index contributed by atoms with van der Waals surface area (Å²) in [7, 11) is 1.34. The first-order valence-electron chi connectivity index (χ1n) is 9.97. The first kappa shape index (κ1) is 19.6. The summed E-state index contributed by atoms with van der Waals surface area (Å²) >= 11 is 0. The van der Waals surface area contributed by atoms with E-state index in [-0.39, 0.29) is 5.91 Å². The molecule has 1 amide bonds. The molecule has 0 heterocycles. The average Bonchev–Trinajstić information content (AvgIpc) is 3.13. The van der Waals surface area contributed by atoms with Gasteiger partial charge in [0.05, 0.1) is 13.0 Å². The van der Waals surface area contributed by atoms with Crippen LogP contribution >= 0.6 is 0 Å². The van der Waals surface area contributed by atoms with Gasteiger partial charge >= 0.3 is 5.97 Å². The van der Waals surface area contributed by atoms with Crippen LogP contribution in [-0.2, 0) is 14.3 Å². The Morgan fingerprint density at radius 1 is 0.900 bits per heavy atom. The number of carbonyl (C=O) groups is 2. The van der Waals surface area contributed by atoms with Gasteiger partial charge in [-0.25, -0.2) is 4.79 Å². The maximum absolute atomic E-state index is 13.3. The molecule has 3 aromatic carbocycles. The predicted molar refractivity (Wildman–Crippen MR) is 118 cm³/mol. The minimum atomic E-state index is -0.748. The van der Waals surface area contributed by atoms with E-state index in [4.69, 9.17) is 4.74 Å². The molecule has 4 nitrogen and oxygen atoms in total. The van der Waals surface area contributed by atoms with Crippen molar-refractivity contribution in [1.82, 2.24) is 5.32 Å². The lowest BCUT2D eigenvalue weighted by atomic mass is 9.95. The van der Waals surface area contributed by atoms with Crippen LogP contribution in [0.5, 0.6) is 0 Å². The van der Waals surface area contributed by atoms with Gasteiger partial charge in [-0.1, -0.05) is 91.0 Å². The van der Waals surface area contributed by atoms with Gasteiger partial charge < -0.3 is 10.1 Å². The summed E-state index contributed by atoms with van der Waals surface area (Å²) in [6.07, 6.45) is 4.17. The van der Waals surface area contributed by atoms with E-state index in [9.17, 15) is 9.59 Å². The molecule has 0 bridgehead atoms. The van der Waals surface area contributed by atoms with Gasteiger partial charge in [0.1, 0.15) is 6.04 Å². The minimum absolute atomic E-state index is 0.198. The number of hydrogen-bond donors (Lipinski definition) is 1. The fraction of sp³-hybridized carbons (Fsp3) is 0.154. The van der Waals surface area contributed by atoms with Gasteiger partial charge in [0, 0.05) is 0 Å². The normalized spacial score (nSPS) is 13.5. The molecular weight excluding hydrogens is 374 g/mol. The fourth-order valence-electron chi connectivity index (χ4n) is 3.95. The molecular formula is C26H23NO3. The molecule has 0 aromatic heterocycles. The van der Waals surface area contributed by atoms with Crippen molar-refractivity contribution >= 4 is 18.0 Å². The van der Waals surface area contributed by atoms with E-state index in [1.807, 2.05) is 91.0 Å². The molecule has 0 saturated carbocycles. The lowest BCUT2D eigenvalue weighted by Gasteiger charge is -2.19. The number of fused-ring (bicyclic) bond motifs is 3. The maximum atomic E-state index is 13.3. The quantitative estimate of drug-likeness (QED) is 0.621. The van der Waals surface area contributed by atoms with Crippen molar-refractivity contribution in [2.45, 2.75) is 18.4 Å². The molecule has 1 N–H and O–H groups in total. The smallest absolute Gasteiger partial charge is 0.328 e. The number of esters is 1. The Morgan fingerprint density at radius 3 is 2.07 bits per heavy atom. The van der Waals surface area contributed by atoms with Gasteiger partial charge in [0.2, 0.25) is 5.91 Å². The third-order valence-corrected chi connectivity index (χ3v) is 5.38. The van der Waals surface area contributed by atoms with Gasteiger partial charge in [0.15, 0.2) is 0 Å². The number of methoxy groups -OCH3 is 1. The van der Waals surface area contributed by atoms with Gasteiger partial charge in [0.25, 0.3) is 0 Å². The van der Waals surface area contributed by atoms with Gasteiger partial charge in [-0.3, -0.25) is 4.79 Å². The third kappa shape index (κ3) is 3.90. The van der Waals surface area contributed by atoms with E-state index >= 15 is 0 Å². The number of nitrogens with one attached hydrogen (secondary N) is 1. The van der Waals surface area contributed by atoms with Crippen molar-refractivity contribution in [3.8, 4) is 11.1 Å². The Bertz CT molecular complexity index is 1040. The molecule has 4 heteroatoms. The highest BCUT2D eigenvalue weighted by atomic mass is 16.5. The van der Waals surface area contributed by atoms with E-state index in [2.05, 4.69) is 5.32 Å². The van der Waals surface area contributed by atoms with Gasteiger partial charge in [-0.15, -0.1) is 0 Å². The van der Waals surface area contributed by atoms with Crippen LogP contribution in [-0.4, -0.2) is 25.0 Å². The number of hydrogen-bond acceptors (Lipinski definition) is 3. The predicted octanol–water partition coefficient (Wildman–Crippen LogP) is 4.56. The summed E-state index contributed by atoms with van der Waals surface area (Å²) in [4.78, 5) is 25.6. The van der Waals surface area contributed by atoms with Gasteiger partial charge in [-0.2, -0.15) is 0 Å². The summed E-state index contributed by atoms with van der Waals surface area (Å²) in [5.74, 6) is -1.10. The summed E-state index contributed by atoms with van der Waals surface area (Å²) < 4.78 is 4.93. The van der Waals surface area contributed by atoms with E-state index in [1.165, 1.54) is 7.11 Å². The summed E-state index contributed by atoms with van der Waals surface area (Å²) in [6, 6.07) is 24.9. The zero-order valence-electron chi connectivity index (χ0n) is 16.7. The van der Waals surface area contributed by atoms with Crippen LogP contribution in [0.15, 0.2) is 84.9 Å². The SMILES string of the molecule is COC(=O)[C@@H](C/C=C/c1ccccc1)NC(=O)C1c2ccccc2-c2ccccc21. The van der Waals surface area contributed by atoms with Crippen molar-refractivity contribution in [1.29, 1.82) is 0 Å². The second kappa shape index (κ2) is 8.78. The van der Waals surface area contributed by atoms with Gasteiger partial charge in [-0.05, 0) is 34.2 Å². The van der Waals surface area contributed by atoms with Crippen molar-refractivity contribution in [3.63, 3.8) is 0 Å². The summed E-state index contributed by atoms with van der Waals surface area (Å²) in [5, 5.41) is 2.91. The van der Waals surface area contributed by atoms with E-state index < -0.39 is 17.9 Å². The Kier molecular flexibility index (Phi) is 5.75. The van der Waals surface area contributed by atoms with Crippen molar-refractivity contribution in [2.75, 3.05) is 7.11 Å².